The number of hydrogen-bond donors (Lipinski definition) is 2. The van der Waals surface area contributed by atoms with Crippen LogP contribution < -0.4 is 10.2 Å². The van der Waals surface area contributed by atoms with Crippen LogP contribution in [0.25, 0.3) is 0 Å². The van der Waals surface area contributed by atoms with Crippen LogP contribution in [0, 0.1) is 13.8 Å². The Hall–Kier alpha value is -3.81. The van der Waals surface area contributed by atoms with Gasteiger partial charge in [-0.25, -0.2) is 4.79 Å². The van der Waals surface area contributed by atoms with E-state index >= 15 is 0 Å². The van der Waals surface area contributed by atoms with Gasteiger partial charge in [0.2, 0.25) is 0 Å². The molecule has 8 heteroatoms. The van der Waals surface area contributed by atoms with Crippen LogP contribution in [0.15, 0.2) is 59.3 Å². The SMILES string of the molecule is C=C(O)C1(c2ccc(N3CCC(c4onc(C)c4NC(=O)O[C@H](C)c4ccccc4)CC3)c(C)n2)CC1. The maximum absolute atomic E-state index is 12.7. The van der Waals surface area contributed by atoms with E-state index in [-0.39, 0.29) is 23.2 Å². The summed E-state index contributed by atoms with van der Waals surface area (Å²) in [5, 5.41) is 17.0. The van der Waals surface area contributed by atoms with Crippen LogP contribution in [0.5, 0.6) is 0 Å². The number of carbonyl (C=O) groups is 1. The molecule has 37 heavy (non-hydrogen) atoms. The maximum Gasteiger partial charge on any atom is 0.412 e. The topological polar surface area (TPSA) is 101 Å². The summed E-state index contributed by atoms with van der Waals surface area (Å²) in [5.41, 5.74) is 4.77. The van der Waals surface area contributed by atoms with Crippen LogP contribution in [0.4, 0.5) is 16.2 Å². The number of aryl methyl sites for hydroxylation is 2. The van der Waals surface area contributed by atoms with Crippen LogP contribution in [-0.4, -0.2) is 34.4 Å². The molecule has 2 aliphatic rings. The largest absolute Gasteiger partial charge is 0.512 e. The second kappa shape index (κ2) is 9.92. The van der Waals surface area contributed by atoms with E-state index < -0.39 is 6.09 Å². The fourth-order valence-corrected chi connectivity index (χ4v) is 5.26. The number of benzene rings is 1. The number of piperidine rings is 1. The van der Waals surface area contributed by atoms with Gasteiger partial charge in [0, 0.05) is 19.0 Å². The quantitative estimate of drug-likeness (QED) is 0.356. The Kier molecular flexibility index (Phi) is 6.67. The average Bonchev–Trinajstić information content (AvgIpc) is 3.64. The van der Waals surface area contributed by atoms with Gasteiger partial charge in [-0.3, -0.25) is 10.3 Å². The van der Waals surface area contributed by atoms with Crippen molar-refractivity contribution in [3.05, 3.63) is 83.2 Å². The lowest BCUT2D eigenvalue weighted by Gasteiger charge is -2.33. The Balaban J connectivity index is 1.22. The number of rotatable bonds is 7. The van der Waals surface area contributed by atoms with Crippen molar-refractivity contribution < 1.29 is 19.2 Å². The van der Waals surface area contributed by atoms with Crippen LogP contribution in [0.3, 0.4) is 0 Å². The highest BCUT2D eigenvalue weighted by atomic mass is 16.6. The Bertz CT molecular complexity index is 1290. The molecule has 1 aliphatic heterocycles. The Morgan fingerprint density at radius 1 is 1.16 bits per heavy atom. The highest BCUT2D eigenvalue weighted by Gasteiger charge is 2.49. The minimum atomic E-state index is -0.526. The molecule has 0 unspecified atom stereocenters. The molecule has 1 aromatic carbocycles. The molecule has 2 aromatic heterocycles. The van der Waals surface area contributed by atoms with E-state index in [0.29, 0.717) is 17.1 Å². The molecule has 1 saturated carbocycles. The van der Waals surface area contributed by atoms with Crippen LogP contribution in [-0.2, 0) is 10.2 Å². The molecular weight excluding hydrogens is 468 g/mol. The van der Waals surface area contributed by atoms with Gasteiger partial charge >= 0.3 is 6.09 Å². The maximum atomic E-state index is 12.7. The summed E-state index contributed by atoms with van der Waals surface area (Å²) in [7, 11) is 0. The molecule has 1 aliphatic carbocycles. The number of aliphatic hydroxyl groups excluding tert-OH is 1. The van der Waals surface area contributed by atoms with Crippen molar-refractivity contribution in [2.45, 2.75) is 63.9 Å². The smallest absolute Gasteiger partial charge is 0.412 e. The number of amides is 1. The summed E-state index contributed by atoms with van der Waals surface area (Å²) in [6.07, 6.45) is 2.61. The summed E-state index contributed by atoms with van der Waals surface area (Å²) in [5.74, 6) is 1.04. The molecule has 1 saturated heterocycles. The molecule has 5 rings (SSSR count). The fraction of sp³-hybridized carbons (Fsp3) is 0.414. The number of ether oxygens (including phenoxy) is 1. The monoisotopic (exact) mass is 502 g/mol. The summed E-state index contributed by atoms with van der Waals surface area (Å²) in [6.45, 7) is 11.1. The molecular formula is C29H34N4O4. The van der Waals surface area contributed by atoms with Gasteiger partial charge < -0.3 is 19.3 Å². The molecule has 2 N–H and O–H groups in total. The summed E-state index contributed by atoms with van der Waals surface area (Å²) < 4.78 is 11.3. The van der Waals surface area contributed by atoms with Crippen molar-refractivity contribution in [1.82, 2.24) is 10.1 Å². The number of pyridine rings is 1. The average molecular weight is 503 g/mol. The molecule has 194 valence electrons. The van der Waals surface area contributed by atoms with Crippen LogP contribution >= 0.6 is 0 Å². The number of allylic oxidation sites excluding steroid dienone is 1. The highest BCUT2D eigenvalue weighted by Crippen LogP contribution is 2.52. The number of hydrogen-bond acceptors (Lipinski definition) is 7. The predicted octanol–water partition coefficient (Wildman–Crippen LogP) is 6.48. The van der Waals surface area contributed by atoms with Crippen LogP contribution in [0.2, 0.25) is 0 Å². The summed E-state index contributed by atoms with van der Waals surface area (Å²) in [4.78, 5) is 19.8. The van der Waals surface area contributed by atoms with E-state index in [0.717, 1.165) is 61.4 Å². The van der Waals surface area contributed by atoms with E-state index in [2.05, 4.69) is 28.0 Å². The first kappa shape index (κ1) is 24.9. The molecule has 8 nitrogen and oxygen atoms in total. The molecule has 0 bridgehead atoms. The Labute approximate surface area is 217 Å². The summed E-state index contributed by atoms with van der Waals surface area (Å²) >= 11 is 0. The van der Waals surface area contributed by atoms with Gasteiger partial charge in [-0.2, -0.15) is 0 Å². The molecule has 3 aromatic rings. The van der Waals surface area contributed by atoms with E-state index in [1.807, 2.05) is 57.2 Å². The minimum absolute atomic E-state index is 0.138. The zero-order valence-corrected chi connectivity index (χ0v) is 21.7. The molecule has 0 spiro atoms. The number of aliphatic hydroxyl groups is 1. The fourth-order valence-electron chi connectivity index (χ4n) is 5.26. The van der Waals surface area contributed by atoms with Gasteiger partial charge in [0.1, 0.15) is 17.5 Å². The third-order valence-corrected chi connectivity index (χ3v) is 7.73. The van der Waals surface area contributed by atoms with Gasteiger partial charge in [0.25, 0.3) is 0 Å². The normalized spacial score (nSPS) is 17.8. The lowest BCUT2D eigenvalue weighted by atomic mass is 9.92. The third-order valence-electron chi connectivity index (χ3n) is 7.73. The number of anilines is 2. The first-order valence-electron chi connectivity index (χ1n) is 12.9. The predicted molar refractivity (Wildman–Crippen MR) is 142 cm³/mol. The molecule has 3 heterocycles. The van der Waals surface area contributed by atoms with Crippen molar-refractivity contribution in [1.29, 1.82) is 0 Å². The van der Waals surface area contributed by atoms with E-state index in [4.69, 9.17) is 14.2 Å². The number of nitrogens with one attached hydrogen (secondary N) is 1. The third kappa shape index (κ3) is 4.92. The zero-order chi connectivity index (χ0) is 26.2. The van der Waals surface area contributed by atoms with Crippen molar-refractivity contribution in [2.24, 2.45) is 0 Å². The zero-order valence-electron chi connectivity index (χ0n) is 21.7. The number of nitrogens with zero attached hydrogens (tertiary/aromatic N) is 3. The van der Waals surface area contributed by atoms with E-state index in [9.17, 15) is 9.90 Å². The van der Waals surface area contributed by atoms with Gasteiger partial charge in [-0.05, 0) is 64.2 Å². The van der Waals surface area contributed by atoms with Gasteiger partial charge in [-0.1, -0.05) is 42.1 Å². The van der Waals surface area contributed by atoms with Gasteiger partial charge in [0.05, 0.1) is 28.2 Å². The van der Waals surface area contributed by atoms with Gasteiger partial charge in [0.15, 0.2) is 5.76 Å². The standard InChI is InChI=1S/C29H34N4O4/c1-18-24(10-11-25(30-18)29(14-15-29)21(4)34)33-16-12-23(13-17-33)27-26(19(2)32-37-27)31-28(35)36-20(3)22-8-6-5-7-9-22/h5-11,20,23,34H,4,12-17H2,1-3H3,(H,31,35)/t20-/m1/s1. The van der Waals surface area contributed by atoms with Crippen molar-refractivity contribution in [3.8, 4) is 0 Å². The van der Waals surface area contributed by atoms with Crippen molar-refractivity contribution >= 4 is 17.5 Å². The molecule has 1 amide bonds. The lowest BCUT2D eigenvalue weighted by Crippen LogP contribution is -2.34. The second-order valence-electron chi connectivity index (χ2n) is 10.2. The van der Waals surface area contributed by atoms with Crippen LogP contribution in [0.1, 0.15) is 73.0 Å². The van der Waals surface area contributed by atoms with Crippen molar-refractivity contribution in [3.63, 3.8) is 0 Å². The molecule has 2 fully saturated rings. The number of aromatic nitrogens is 2. The van der Waals surface area contributed by atoms with E-state index in [1.54, 1.807) is 0 Å². The molecule has 1 atom stereocenters. The summed E-state index contributed by atoms with van der Waals surface area (Å²) in [6, 6.07) is 13.8. The Morgan fingerprint density at radius 2 is 1.86 bits per heavy atom. The van der Waals surface area contributed by atoms with E-state index in [1.165, 1.54) is 0 Å². The highest BCUT2D eigenvalue weighted by molar-refractivity contribution is 5.86. The number of carbonyl (C=O) groups excluding carboxylic acids is 1. The first-order chi connectivity index (χ1) is 17.8. The Morgan fingerprint density at radius 3 is 2.49 bits per heavy atom. The molecule has 0 radical (unpaired) electrons. The minimum Gasteiger partial charge on any atom is -0.512 e. The second-order valence-corrected chi connectivity index (χ2v) is 10.2. The van der Waals surface area contributed by atoms with Crippen molar-refractivity contribution in [2.75, 3.05) is 23.3 Å². The van der Waals surface area contributed by atoms with Gasteiger partial charge in [-0.15, -0.1) is 0 Å². The lowest BCUT2D eigenvalue weighted by molar-refractivity contribution is 0.121. The first-order valence-corrected chi connectivity index (χ1v) is 12.9.